The molecule has 3 amide bonds. The molecule has 2 aliphatic rings. The Morgan fingerprint density at radius 3 is 2.14 bits per heavy atom. The Kier molecular flexibility index (Phi) is 6.82. The molecule has 0 radical (unpaired) electrons. The fourth-order valence-electron chi connectivity index (χ4n) is 4.45. The molecule has 0 fully saturated rings. The van der Waals surface area contributed by atoms with Gasteiger partial charge in [-0.2, -0.15) is 0 Å². The van der Waals surface area contributed by atoms with E-state index in [9.17, 15) is 18.0 Å². The lowest BCUT2D eigenvalue weighted by atomic mass is 9.99. The second kappa shape index (κ2) is 9.15. The molecule has 160 valence electrons. The summed E-state index contributed by atoms with van der Waals surface area (Å²) in [7, 11) is -3.80. The highest BCUT2D eigenvalue weighted by molar-refractivity contribution is 7.90. The van der Waals surface area contributed by atoms with Crippen LogP contribution < -0.4 is 10.0 Å². The van der Waals surface area contributed by atoms with Crippen LogP contribution in [-0.2, 0) is 40.5 Å². The summed E-state index contributed by atoms with van der Waals surface area (Å²) < 4.78 is 26.7. The number of nitrogens with zero attached hydrogens (tertiary/aromatic N) is 1. The number of hydrogen-bond acceptors (Lipinski definition) is 4. The van der Waals surface area contributed by atoms with Gasteiger partial charge in [-0.3, -0.25) is 4.79 Å². The van der Waals surface area contributed by atoms with E-state index in [4.69, 9.17) is 0 Å². The third-order valence-corrected chi connectivity index (χ3v) is 7.20. The molecule has 7 nitrogen and oxygen atoms in total. The zero-order chi connectivity index (χ0) is 21.0. The first-order valence-corrected chi connectivity index (χ1v) is 12.3. The van der Waals surface area contributed by atoms with Gasteiger partial charge in [-0.1, -0.05) is 6.07 Å². The number of carbonyl (C=O) groups is 2. The Morgan fingerprint density at radius 2 is 1.59 bits per heavy atom. The van der Waals surface area contributed by atoms with Crippen molar-refractivity contribution in [2.75, 3.05) is 24.2 Å². The molecule has 0 saturated carbocycles. The summed E-state index contributed by atoms with van der Waals surface area (Å²) in [5, 5.41) is 2.83. The molecule has 29 heavy (non-hydrogen) atoms. The minimum absolute atomic E-state index is 0.0648. The Labute approximate surface area is 173 Å². The predicted molar refractivity (Wildman–Crippen MR) is 114 cm³/mol. The molecular weight excluding hydrogens is 390 g/mol. The number of rotatable bonds is 8. The van der Waals surface area contributed by atoms with Gasteiger partial charge in [0.15, 0.2) is 0 Å². The molecule has 8 heteroatoms. The number of aryl methyl sites for hydroxylation is 2. The molecule has 2 N–H and O–H groups in total. The highest BCUT2D eigenvalue weighted by atomic mass is 32.2. The van der Waals surface area contributed by atoms with E-state index in [-0.39, 0.29) is 24.5 Å². The number of anilines is 1. The van der Waals surface area contributed by atoms with E-state index in [1.54, 1.807) is 4.90 Å². The number of sulfonamides is 1. The van der Waals surface area contributed by atoms with Gasteiger partial charge < -0.3 is 10.2 Å². The first-order valence-electron chi connectivity index (χ1n) is 10.6. The van der Waals surface area contributed by atoms with E-state index < -0.39 is 16.1 Å². The van der Waals surface area contributed by atoms with Crippen LogP contribution in [0.5, 0.6) is 0 Å². The fraction of sp³-hybridized carbons (Fsp3) is 0.619. The van der Waals surface area contributed by atoms with Gasteiger partial charge in [0, 0.05) is 25.2 Å². The van der Waals surface area contributed by atoms with E-state index in [0.29, 0.717) is 13.1 Å². The molecule has 0 heterocycles. The Hall–Kier alpha value is -2.09. The predicted octanol–water partition coefficient (Wildman–Crippen LogP) is 2.76. The minimum atomic E-state index is -3.80. The Balaban J connectivity index is 1.59. The summed E-state index contributed by atoms with van der Waals surface area (Å²) in [5.74, 6) is -0.316. The first-order chi connectivity index (χ1) is 13.8. The lowest BCUT2D eigenvalue weighted by Gasteiger charge is -2.18. The second-order valence-corrected chi connectivity index (χ2v) is 9.62. The van der Waals surface area contributed by atoms with Crippen molar-refractivity contribution in [1.82, 2.24) is 9.62 Å². The maximum absolute atomic E-state index is 12.4. The summed E-state index contributed by atoms with van der Waals surface area (Å²) in [6.45, 7) is 4.99. The molecule has 0 aliphatic heterocycles. The van der Waals surface area contributed by atoms with Crippen LogP contribution in [0.25, 0.3) is 0 Å². The van der Waals surface area contributed by atoms with Crippen molar-refractivity contribution >= 4 is 27.6 Å². The number of carbonyl (C=O) groups excluding carboxylic acids is 2. The molecule has 0 aromatic heterocycles. The topological polar surface area (TPSA) is 95.6 Å². The average molecular weight is 422 g/mol. The molecule has 2 aliphatic carbocycles. The van der Waals surface area contributed by atoms with Gasteiger partial charge in [0.25, 0.3) is 0 Å². The lowest BCUT2D eigenvalue weighted by molar-refractivity contribution is -0.130. The molecule has 0 saturated heterocycles. The molecule has 1 aromatic rings. The van der Waals surface area contributed by atoms with Crippen molar-refractivity contribution in [3.63, 3.8) is 0 Å². The van der Waals surface area contributed by atoms with Gasteiger partial charge in [-0.15, -0.1) is 0 Å². The van der Waals surface area contributed by atoms with Gasteiger partial charge >= 0.3 is 6.03 Å². The number of amides is 3. The van der Waals surface area contributed by atoms with Crippen LogP contribution in [0.2, 0.25) is 0 Å². The van der Waals surface area contributed by atoms with Crippen molar-refractivity contribution in [3.8, 4) is 0 Å². The molecule has 1 aromatic carbocycles. The van der Waals surface area contributed by atoms with E-state index in [1.165, 1.54) is 11.1 Å². The largest absolute Gasteiger partial charge is 0.343 e. The molecule has 0 bridgehead atoms. The van der Waals surface area contributed by atoms with Crippen LogP contribution in [0.15, 0.2) is 6.07 Å². The van der Waals surface area contributed by atoms with Gasteiger partial charge in [0.2, 0.25) is 15.9 Å². The third kappa shape index (κ3) is 5.10. The number of benzene rings is 1. The summed E-state index contributed by atoms with van der Waals surface area (Å²) in [6.07, 6.45) is 6.32. The number of fused-ring (bicyclic) bond motifs is 2. The highest BCUT2D eigenvalue weighted by Crippen LogP contribution is 2.38. The molecule has 0 atom stereocenters. The van der Waals surface area contributed by atoms with Gasteiger partial charge in [0.1, 0.15) is 0 Å². The molecule has 3 rings (SSSR count). The quantitative estimate of drug-likeness (QED) is 0.675. The minimum Gasteiger partial charge on any atom is -0.343 e. The van der Waals surface area contributed by atoms with E-state index in [2.05, 4.69) is 16.1 Å². The van der Waals surface area contributed by atoms with Crippen molar-refractivity contribution in [2.45, 2.75) is 65.2 Å². The van der Waals surface area contributed by atoms with Crippen molar-refractivity contribution in [1.29, 1.82) is 0 Å². The molecular formula is C21H31N3O4S. The zero-order valence-electron chi connectivity index (χ0n) is 17.3. The van der Waals surface area contributed by atoms with E-state index in [1.807, 2.05) is 13.8 Å². The summed E-state index contributed by atoms with van der Waals surface area (Å²) in [6, 6.07) is 1.55. The monoisotopic (exact) mass is 421 g/mol. The average Bonchev–Trinajstić information content (AvgIpc) is 3.31. The fourth-order valence-corrected chi connectivity index (χ4v) is 5.41. The number of urea groups is 1. The standard InChI is InChI=1S/C21H31N3O4S/c1-3-24(4-2)19(25)12-7-13-29(27,28)23-21(26)22-20-17-10-5-8-15(17)14-16-9-6-11-18(16)20/h14H,3-13H2,1-2H3,(H2,22,23,26). The van der Waals surface area contributed by atoms with Crippen LogP contribution in [0.3, 0.4) is 0 Å². The van der Waals surface area contributed by atoms with E-state index >= 15 is 0 Å². The van der Waals surface area contributed by atoms with Gasteiger partial charge in [-0.05, 0) is 81.0 Å². The van der Waals surface area contributed by atoms with Crippen LogP contribution in [0.1, 0.15) is 61.8 Å². The second-order valence-electron chi connectivity index (χ2n) is 7.78. The van der Waals surface area contributed by atoms with Gasteiger partial charge in [0.05, 0.1) is 5.75 Å². The van der Waals surface area contributed by atoms with Crippen LogP contribution in [0, 0.1) is 0 Å². The third-order valence-electron chi connectivity index (χ3n) is 5.88. The van der Waals surface area contributed by atoms with Gasteiger partial charge in [-0.25, -0.2) is 17.9 Å². The summed E-state index contributed by atoms with van der Waals surface area (Å²) in [5.41, 5.74) is 5.68. The maximum Gasteiger partial charge on any atom is 0.332 e. The normalized spacial score (nSPS) is 15.0. The molecule has 0 unspecified atom stereocenters. The zero-order valence-corrected chi connectivity index (χ0v) is 18.2. The lowest BCUT2D eigenvalue weighted by Crippen LogP contribution is -2.37. The van der Waals surface area contributed by atoms with Crippen molar-refractivity contribution in [3.05, 3.63) is 28.3 Å². The van der Waals surface area contributed by atoms with Crippen molar-refractivity contribution < 1.29 is 18.0 Å². The van der Waals surface area contributed by atoms with E-state index in [0.717, 1.165) is 55.3 Å². The Morgan fingerprint density at radius 1 is 1.00 bits per heavy atom. The van der Waals surface area contributed by atoms with Crippen molar-refractivity contribution in [2.24, 2.45) is 0 Å². The first kappa shape index (κ1) is 21.6. The Bertz CT molecular complexity index is 859. The maximum atomic E-state index is 12.4. The highest BCUT2D eigenvalue weighted by Gasteiger charge is 2.26. The number of nitrogens with one attached hydrogen (secondary N) is 2. The van der Waals surface area contributed by atoms with Crippen LogP contribution in [-0.4, -0.2) is 44.1 Å². The summed E-state index contributed by atoms with van der Waals surface area (Å²) in [4.78, 5) is 26.1. The van der Waals surface area contributed by atoms with Crippen LogP contribution >= 0.6 is 0 Å². The van der Waals surface area contributed by atoms with Crippen LogP contribution in [0.4, 0.5) is 10.5 Å². The summed E-state index contributed by atoms with van der Waals surface area (Å²) >= 11 is 0. The molecule has 0 spiro atoms. The number of hydrogen-bond donors (Lipinski definition) is 2. The SMILES string of the molecule is CCN(CC)C(=O)CCCS(=O)(=O)NC(=O)Nc1c2c(cc3c1CCC3)CCC2. The smallest absolute Gasteiger partial charge is 0.332 e.